The number of nitrogens with one attached hydrogen (secondary N) is 1. The fourth-order valence-electron chi connectivity index (χ4n) is 2.77. The van der Waals surface area contributed by atoms with Crippen LogP contribution >= 0.6 is 34.5 Å². The van der Waals surface area contributed by atoms with Crippen molar-refractivity contribution in [2.75, 3.05) is 11.9 Å². The summed E-state index contributed by atoms with van der Waals surface area (Å²) in [5, 5.41) is 4.63. The highest BCUT2D eigenvalue weighted by Crippen LogP contribution is 2.53. The molecule has 2 heterocycles. The molecule has 100 valence electrons. The average molecular weight is 314 g/mol. The second-order valence-electron chi connectivity index (χ2n) is 5.30. The van der Waals surface area contributed by atoms with Crippen molar-refractivity contribution in [3.05, 3.63) is 16.8 Å². The molecule has 1 atom stereocenters. The van der Waals surface area contributed by atoms with Crippen molar-refractivity contribution in [2.45, 2.75) is 30.0 Å². The maximum Gasteiger partial charge on any atom is 0.138 e. The van der Waals surface area contributed by atoms with Crippen molar-refractivity contribution >= 4 is 50.6 Å². The minimum Gasteiger partial charge on any atom is -0.369 e. The molecule has 1 saturated carbocycles. The lowest BCUT2D eigenvalue weighted by atomic mass is 10.2. The predicted octanol–water partition coefficient (Wildman–Crippen LogP) is 3.79. The Hall–Kier alpha value is -0.580. The smallest absolute Gasteiger partial charge is 0.138 e. The predicted molar refractivity (Wildman–Crippen MR) is 80.5 cm³/mol. The summed E-state index contributed by atoms with van der Waals surface area (Å²) in [7, 11) is 0. The largest absolute Gasteiger partial charge is 0.369 e. The van der Waals surface area contributed by atoms with Gasteiger partial charge in [-0.2, -0.15) is 0 Å². The number of nitrogens with zero attached hydrogens (tertiary/aromatic N) is 2. The first-order valence-electron chi connectivity index (χ1n) is 6.52. The Morgan fingerprint density at radius 1 is 1.37 bits per heavy atom. The van der Waals surface area contributed by atoms with Gasteiger partial charge < -0.3 is 5.32 Å². The molecule has 0 radical (unpaired) electrons. The van der Waals surface area contributed by atoms with Crippen LogP contribution in [-0.2, 0) is 12.8 Å². The number of anilines is 1. The van der Waals surface area contributed by atoms with Crippen LogP contribution in [0.1, 0.15) is 23.3 Å². The van der Waals surface area contributed by atoms with Gasteiger partial charge in [-0.05, 0) is 31.2 Å². The maximum atomic E-state index is 6.06. The highest BCUT2D eigenvalue weighted by molar-refractivity contribution is 7.19. The zero-order valence-electron chi connectivity index (χ0n) is 10.2. The highest BCUT2D eigenvalue weighted by atomic mass is 35.5. The molecule has 2 aliphatic rings. The number of thiophene rings is 1. The van der Waals surface area contributed by atoms with Crippen molar-refractivity contribution in [3.63, 3.8) is 0 Å². The molecule has 0 saturated heterocycles. The van der Waals surface area contributed by atoms with Crippen LogP contribution in [0.15, 0.2) is 6.33 Å². The number of hydrogen-bond donors (Lipinski definition) is 1. The van der Waals surface area contributed by atoms with Gasteiger partial charge in [-0.3, -0.25) is 0 Å². The third-order valence-electron chi connectivity index (χ3n) is 3.97. The van der Waals surface area contributed by atoms with Crippen LogP contribution in [-0.4, -0.2) is 20.8 Å². The minimum atomic E-state index is -0.532. The third kappa shape index (κ3) is 2.01. The van der Waals surface area contributed by atoms with Gasteiger partial charge in [-0.15, -0.1) is 34.5 Å². The maximum absolute atomic E-state index is 6.06. The SMILES string of the molecule is ClC1(Cl)C[C@@H]1CNc1ncnc2sc3c(c12)CCC3. The molecule has 2 aromatic rings. The van der Waals surface area contributed by atoms with Crippen LogP contribution in [0.25, 0.3) is 10.2 Å². The second-order valence-corrected chi connectivity index (χ2v) is 7.93. The van der Waals surface area contributed by atoms with Crippen molar-refractivity contribution < 1.29 is 0 Å². The molecule has 6 heteroatoms. The molecule has 0 aromatic carbocycles. The minimum absolute atomic E-state index is 0.326. The zero-order chi connectivity index (χ0) is 13.0. The van der Waals surface area contributed by atoms with Gasteiger partial charge >= 0.3 is 0 Å². The van der Waals surface area contributed by atoms with E-state index in [-0.39, 0.29) is 0 Å². The number of aromatic nitrogens is 2. The molecule has 0 spiro atoms. The van der Waals surface area contributed by atoms with Crippen molar-refractivity contribution in [1.29, 1.82) is 0 Å². The molecule has 4 rings (SSSR count). The van der Waals surface area contributed by atoms with E-state index >= 15 is 0 Å². The molecule has 3 nitrogen and oxygen atoms in total. The quantitative estimate of drug-likeness (QED) is 0.876. The number of aryl methyl sites for hydroxylation is 2. The van der Waals surface area contributed by atoms with Crippen LogP contribution in [0.2, 0.25) is 0 Å². The average Bonchev–Trinajstić information content (AvgIpc) is 2.76. The van der Waals surface area contributed by atoms with Crippen LogP contribution in [0.3, 0.4) is 0 Å². The first kappa shape index (κ1) is 12.2. The second kappa shape index (κ2) is 4.21. The summed E-state index contributed by atoms with van der Waals surface area (Å²) >= 11 is 13.9. The normalized spacial score (nSPS) is 23.6. The molecular formula is C13H13Cl2N3S. The Labute approximate surface area is 125 Å². The zero-order valence-corrected chi connectivity index (χ0v) is 12.6. The van der Waals surface area contributed by atoms with E-state index in [0.29, 0.717) is 5.92 Å². The summed E-state index contributed by atoms with van der Waals surface area (Å²) in [6.07, 6.45) is 6.08. The molecule has 1 N–H and O–H groups in total. The summed E-state index contributed by atoms with van der Waals surface area (Å²) in [4.78, 5) is 11.4. The van der Waals surface area contributed by atoms with E-state index < -0.39 is 4.33 Å². The van der Waals surface area contributed by atoms with Crippen LogP contribution in [0.5, 0.6) is 0 Å². The van der Waals surface area contributed by atoms with Crippen LogP contribution in [0, 0.1) is 5.92 Å². The molecule has 0 amide bonds. The van der Waals surface area contributed by atoms with E-state index in [1.807, 2.05) is 0 Å². The van der Waals surface area contributed by atoms with E-state index in [1.165, 1.54) is 28.7 Å². The van der Waals surface area contributed by atoms with Gasteiger partial charge in [-0.1, -0.05) is 0 Å². The molecule has 1 fully saturated rings. The van der Waals surface area contributed by atoms with E-state index in [4.69, 9.17) is 23.2 Å². The van der Waals surface area contributed by atoms with Gasteiger partial charge in [0.1, 0.15) is 21.3 Å². The number of rotatable bonds is 3. The lowest BCUT2D eigenvalue weighted by molar-refractivity contribution is 0.869. The Morgan fingerprint density at radius 2 is 2.21 bits per heavy atom. The Balaban J connectivity index is 1.66. The van der Waals surface area contributed by atoms with E-state index in [0.717, 1.165) is 30.0 Å². The first-order valence-corrected chi connectivity index (χ1v) is 8.09. The van der Waals surface area contributed by atoms with E-state index in [1.54, 1.807) is 17.7 Å². The molecule has 0 unspecified atom stereocenters. The summed E-state index contributed by atoms with van der Waals surface area (Å²) in [5.41, 5.74) is 1.45. The van der Waals surface area contributed by atoms with Gasteiger partial charge in [0.15, 0.2) is 0 Å². The van der Waals surface area contributed by atoms with Gasteiger partial charge in [0.05, 0.1) is 5.39 Å². The molecule has 0 aliphatic heterocycles. The van der Waals surface area contributed by atoms with Crippen molar-refractivity contribution in [3.8, 4) is 0 Å². The standard InChI is InChI=1S/C13H13Cl2N3S/c14-13(15)4-7(13)5-16-11-10-8-2-1-3-9(8)19-12(10)18-6-17-11/h6-7H,1-5H2,(H,16,17,18)/t7-/m1/s1. The third-order valence-corrected chi connectivity index (χ3v) is 6.10. The summed E-state index contributed by atoms with van der Waals surface area (Å²) in [5.74, 6) is 1.27. The number of alkyl halides is 2. The van der Waals surface area contributed by atoms with Gasteiger partial charge in [0.2, 0.25) is 0 Å². The molecular weight excluding hydrogens is 301 g/mol. The Kier molecular flexibility index (Phi) is 2.70. The van der Waals surface area contributed by atoms with Gasteiger partial charge in [-0.25, -0.2) is 9.97 Å². The van der Waals surface area contributed by atoms with Crippen molar-refractivity contribution in [1.82, 2.24) is 9.97 Å². The summed E-state index contributed by atoms with van der Waals surface area (Å²) in [6.45, 7) is 0.781. The van der Waals surface area contributed by atoms with Crippen LogP contribution in [0.4, 0.5) is 5.82 Å². The molecule has 2 aliphatic carbocycles. The monoisotopic (exact) mass is 313 g/mol. The van der Waals surface area contributed by atoms with E-state index in [2.05, 4.69) is 15.3 Å². The number of halogens is 2. The summed E-state index contributed by atoms with van der Waals surface area (Å²) < 4.78 is -0.532. The van der Waals surface area contributed by atoms with Gasteiger partial charge in [0, 0.05) is 17.3 Å². The highest BCUT2D eigenvalue weighted by Gasteiger charge is 2.51. The fourth-order valence-corrected chi connectivity index (χ4v) is 4.53. The summed E-state index contributed by atoms with van der Waals surface area (Å²) in [6, 6.07) is 0. The number of hydrogen-bond acceptors (Lipinski definition) is 4. The van der Waals surface area contributed by atoms with Gasteiger partial charge in [0.25, 0.3) is 0 Å². The lowest BCUT2D eigenvalue weighted by Crippen LogP contribution is -2.09. The topological polar surface area (TPSA) is 37.8 Å². The Morgan fingerprint density at radius 3 is 3.00 bits per heavy atom. The fraction of sp³-hybridized carbons (Fsp3) is 0.538. The number of fused-ring (bicyclic) bond motifs is 3. The Bertz CT molecular complexity index is 653. The molecule has 2 aromatic heterocycles. The van der Waals surface area contributed by atoms with E-state index in [9.17, 15) is 0 Å². The molecule has 19 heavy (non-hydrogen) atoms. The van der Waals surface area contributed by atoms with Crippen molar-refractivity contribution in [2.24, 2.45) is 5.92 Å². The molecule has 0 bridgehead atoms. The first-order chi connectivity index (χ1) is 9.15. The lowest BCUT2D eigenvalue weighted by Gasteiger charge is -2.07. The van der Waals surface area contributed by atoms with Crippen LogP contribution < -0.4 is 5.32 Å².